The van der Waals surface area contributed by atoms with Gasteiger partial charge in [0.25, 0.3) is 0 Å². The van der Waals surface area contributed by atoms with Gasteiger partial charge < -0.3 is 20.7 Å². The second-order valence-corrected chi connectivity index (χ2v) is 5.74. The number of anilines is 1. The first-order chi connectivity index (χ1) is 10.5. The summed E-state index contributed by atoms with van der Waals surface area (Å²) in [5, 5.41) is 9.05. The minimum atomic E-state index is -0.462. The third kappa shape index (κ3) is 4.58. The van der Waals surface area contributed by atoms with Crippen LogP contribution in [0.1, 0.15) is 6.92 Å². The molecular weight excluding hydrogens is 329 g/mol. The normalized spacial score (nSPS) is 21.2. The van der Waals surface area contributed by atoms with Crippen molar-refractivity contribution in [1.82, 2.24) is 10.6 Å². The van der Waals surface area contributed by atoms with Gasteiger partial charge in [-0.1, -0.05) is 23.2 Å². The Morgan fingerprint density at radius 2 is 2.18 bits per heavy atom. The standard InChI is InChI=1S/C14H17Cl2N3O3/c1-8-13(17-4-5-22-8)14(21)18-7-12(20)19-11-6-9(15)2-3-10(11)16/h2-3,6,8,13,17H,4-5,7H2,1H3,(H,18,21)(H,19,20)/t8-,13+/m1/s1. The molecule has 1 aliphatic rings. The third-order valence-electron chi connectivity index (χ3n) is 3.22. The van der Waals surface area contributed by atoms with E-state index in [1.165, 1.54) is 0 Å². The fraction of sp³-hybridized carbons (Fsp3) is 0.429. The maximum absolute atomic E-state index is 12.0. The summed E-state index contributed by atoms with van der Waals surface area (Å²) in [4.78, 5) is 23.9. The van der Waals surface area contributed by atoms with Crippen molar-refractivity contribution < 1.29 is 14.3 Å². The monoisotopic (exact) mass is 345 g/mol. The lowest BCUT2D eigenvalue weighted by Gasteiger charge is -2.29. The highest BCUT2D eigenvalue weighted by molar-refractivity contribution is 6.35. The molecule has 2 amide bonds. The summed E-state index contributed by atoms with van der Waals surface area (Å²) in [6, 6.07) is 4.29. The van der Waals surface area contributed by atoms with Crippen LogP contribution in [0.3, 0.4) is 0 Å². The summed E-state index contributed by atoms with van der Waals surface area (Å²) in [5.74, 6) is -0.665. The maximum atomic E-state index is 12.0. The van der Waals surface area contributed by atoms with Gasteiger partial charge in [-0.15, -0.1) is 0 Å². The first-order valence-electron chi connectivity index (χ1n) is 6.85. The molecule has 0 radical (unpaired) electrons. The number of carbonyl (C=O) groups is 2. The van der Waals surface area contributed by atoms with Crippen LogP contribution in [0.25, 0.3) is 0 Å². The highest BCUT2D eigenvalue weighted by Crippen LogP contribution is 2.25. The lowest BCUT2D eigenvalue weighted by atomic mass is 10.1. The molecule has 6 nitrogen and oxygen atoms in total. The molecule has 0 spiro atoms. The molecule has 1 fully saturated rings. The molecule has 0 aliphatic carbocycles. The second-order valence-electron chi connectivity index (χ2n) is 4.90. The zero-order valence-electron chi connectivity index (χ0n) is 12.0. The minimum absolute atomic E-state index is 0.160. The van der Waals surface area contributed by atoms with Gasteiger partial charge in [0.15, 0.2) is 0 Å². The molecule has 120 valence electrons. The zero-order chi connectivity index (χ0) is 16.1. The van der Waals surface area contributed by atoms with Gasteiger partial charge in [0, 0.05) is 11.6 Å². The first kappa shape index (κ1) is 17.0. The van der Waals surface area contributed by atoms with Gasteiger partial charge in [0.2, 0.25) is 11.8 Å². The predicted molar refractivity (Wildman–Crippen MR) is 85.3 cm³/mol. The molecule has 3 N–H and O–H groups in total. The van der Waals surface area contributed by atoms with Crippen LogP contribution in [0.4, 0.5) is 5.69 Å². The highest BCUT2D eigenvalue weighted by Gasteiger charge is 2.28. The first-order valence-corrected chi connectivity index (χ1v) is 7.60. The van der Waals surface area contributed by atoms with Crippen LogP contribution in [-0.2, 0) is 14.3 Å². The number of rotatable bonds is 4. The zero-order valence-corrected chi connectivity index (χ0v) is 13.5. The van der Waals surface area contributed by atoms with E-state index in [1.54, 1.807) is 18.2 Å². The van der Waals surface area contributed by atoms with Gasteiger partial charge in [0.05, 0.1) is 30.0 Å². The van der Waals surface area contributed by atoms with E-state index in [2.05, 4.69) is 16.0 Å². The van der Waals surface area contributed by atoms with E-state index in [1.807, 2.05) is 6.92 Å². The number of carbonyl (C=O) groups excluding carboxylic acids is 2. The molecule has 1 aromatic carbocycles. The highest BCUT2D eigenvalue weighted by atomic mass is 35.5. The summed E-state index contributed by atoms with van der Waals surface area (Å²) in [7, 11) is 0. The van der Waals surface area contributed by atoms with Gasteiger partial charge in [-0.05, 0) is 25.1 Å². The number of morpholine rings is 1. The van der Waals surface area contributed by atoms with Crippen molar-refractivity contribution in [3.05, 3.63) is 28.2 Å². The Balaban J connectivity index is 1.84. The van der Waals surface area contributed by atoms with Gasteiger partial charge in [-0.2, -0.15) is 0 Å². The SMILES string of the molecule is C[C@H]1OCCN[C@@H]1C(=O)NCC(=O)Nc1cc(Cl)ccc1Cl. The van der Waals surface area contributed by atoms with Crippen molar-refractivity contribution >= 4 is 40.7 Å². The average molecular weight is 346 g/mol. The third-order valence-corrected chi connectivity index (χ3v) is 3.79. The van der Waals surface area contributed by atoms with Gasteiger partial charge in [-0.3, -0.25) is 9.59 Å². The van der Waals surface area contributed by atoms with Crippen molar-refractivity contribution in [1.29, 1.82) is 0 Å². The molecule has 1 heterocycles. The molecule has 1 aromatic rings. The molecule has 8 heteroatoms. The Morgan fingerprint density at radius 1 is 1.41 bits per heavy atom. The molecular formula is C14H17Cl2N3O3. The van der Waals surface area contributed by atoms with Crippen LogP contribution in [-0.4, -0.2) is 43.7 Å². The average Bonchev–Trinajstić information content (AvgIpc) is 2.49. The summed E-state index contributed by atoms with van der Waals surface area (Å²) in [5.41, 5.74) is 0.404. The number of halogens is 2. The maximum Gasteiger partial charge on any atom is 0.243 e. The fourth-order valence-corrected chi connectivity index (χ4v) is 2.43. The lowest BCUT2D eigenvalue weighted by molar-refractivity contribution is -0.130. The van der Waals surface area contributed by atoms with E-state index in [9.17, 15) is 9.59 Å². The van der Waals surface area contributed by atoms with Crippen molar-refractivity contribution in [3.63, 3.8) is 0 Å². The number of hydrogen-bond donors (Lipinski definition) is 3. The predicted octanol–water partition coefficient (Wildman–Crippen LogP) is 1.42. The number of amides is 2. The molecule has 0 unspecified atom stereocenters. The number of nitrogens with one attached hydrogen (secondary N) is 3. The lowest BCUT2D eigenvalue weighted by Crippen LogP contribution is -2.56. The van der Waals surface area contributed by atoms with Crippen LogP contribution in [0.15, 0.2) is 18.2 Å². The van der Waals surface area contributed by atoms with Crippen molar-refractivity contribution in [2.45, 2.75) is 19.1 Å². The Morgan fingerprint density at radius 3 is 2.91 bits per heavy atom. The fourth-order valence-electron chi connectivity index (χ4n) is 2.09. The van der Waals surface area contributed by atoms with E-state index in [0.717, 1.165) is 0 Å². The van der Waals surface area contributed by atoms with Gasteiger partial charge in [-0.25, -0.2) is 0 Å². The smallest absolute Gasteiger partial charge is 0.243 e. The number of benzene rings is 1. The van der Waals surface area contributed by atoms with E-state index >= 15 is 0 Å². The quantitative estimate of drug-likeness (QED) is 0.771. The van der Waals surface area contributed by atoms with Crippen LogP contribution in [0, 0.1) is 0 Å². The van der Waals surface area contributed by atoms with E-state index in [-0.39, 0.29) is 24.5 Å². The largest absolute Gasteiger partial charge is 0.375 e. The second kappa shape index (κ2) is 7.78. The van der Waals surface area contributed by atoms with E-state index in [0.29, 0.717) is 28.9 Å². The summed E-state index contributed by atoms with van der Waals surface area (Å²) in [6.07, 6.45) is -0.237. The summed E-state index contributed by atoms with van der Waals surface area (Å²) in [6.45, 7) is 2.82. The van der Waals surface area contributed by atoms with Crippen molar-refractivity contribution in [2.24, 2.45) is 0 Å². The van der Waals surface area contributed by atoms with Crippen LogP contribution < -0.4 is 16.0 Å². The van der Waals surface area contributed by atoms with Crippen LogP contribution in [0.5, 0.6) is 0 Å². The molecule has 22 heavy (non-hydrogen) atoms. The Bertz CT molecular complexity index is 568. The Labute approximate surface area is 138 Å². The van der Waals surface area contributed by atoms with Crippen LogP contribution in [0.2, 0.25) is 10.0 Å². The van der Waals surface area contributed by atoms with Gasteiger partial charge >= 0.3 is 0 Å². The minimum Gasteiger partial charge on any atom is -0.375 e. The van der Waals surface area contributed by atoms with Crippen molar-refractivity contribution in [2.75, 3.05) is 25.0 Å². The molecule has 2 atom stereocenters. The molecule has 0 bridgehead atoms. The van der Waals surface area contributed by atoms with E-state index < -0.39 is 6.04 Å². The Kier molecular flexibility index (Phi) is 6.02. The molecule has 2 rings (SSSR count). The molecule has 0 saturated carbocycles. The van der Waals surface area contributed by atoms with Crippen molar-refractivity contribution in [3.8, 4) is 0 Å². The Hall–Kier alpha value is -1.34. The molecule has 1 aliphatic heterocycles. The summed E-state index contributed by atoms with van der Waals surface area (Å²) < 4.78 is 5.39. The summed E-state index contributed by atoms with van der Waals surface area (Å²) >= 11 is 11.8. The molecule has 0 aromatic heterocycles. The van der Waals surface area contributed by atoms with Crippen LogP contribution >= 0.6 is 23.2 Å². The molecule has 1 saturated heterocycles. The number of ether oxygens (including phenoxy) is 1. The number of hydrogen-bond acceptors (Lipinski definition) is 4. The van der Waals surface area contributed by atoms with Gasteiger partial charge in [0.1, 0.15) is 6.04 Å². The topological polar surface area (TPSA) is 79.5 Å². The van der Waals surface area contributed by atoms with E-state index in [4.69, 9.17) is 27.9 Å².